The first-order chi connectivity index (χ1) is 29.8. The highest BCUT2D eigenvalue weighted by Crippen LogP contribution is 2.37. The zero-order valence-corrected chi connectivity index (χ0v) is 35.1. The van der Waals surface area contributed by atoms with Crippen LogP contribution in [0.2, 0.25) is 0 Å². The van der Waals surface area contributed by atoms with E-state index in [9.17, 15) is 21.9 Å². The fourth-order valence-corrected chi connectivity index (χ4v) is 11.3. The number of aromatic nitrogens is 4. The fourth-order valence-electron chi connectivity index (χ4n) is 7.91. The Hall–Kier alpha value is -5.92. The average Bonchev–Trinajstić information content (AvgIpc) is 3.27. The van der Waals surface area contributed by atoms with Crippen molar-refractivity contribution < 1.29 is 35.5 Å². The predicted octanol–water partition coefficient (Wildman–Crippen LogP) is 6.39. The van der Waals surface area contributed by atoms with Crippen LogP contribution in [0.15, 0.2) is 113 Å². The van der Waals surface area contributed by atoms with Gasteiger partial charge in [-0.1, -0.05) is 30.3 Å². The lowest BCUT2D eigenvalue weighted by atomic mass is 9.95. The number of hydrogen-bond acceptors (Lipinski definition) is 12. The molecule has 62 heavy (non-hydrogen) atoms. The maximum Gasteiger partial charge on any atom is 0.243 e. The van der Waals surface area contributed by atoms with Crippen molar-refractivity contribution in [1.82, 2.24) is 28.5 Å². The van der Waals surface area contributed by atoms with Crippen LogP contribution in [0, 0.1) is 17.6 Å². The van der Waals surface area contributed by atoms with Crippen LogP contribution in [0.4, 0.5) is 20.4 Å². The summed E-state index contributed by atoms with van der Waals surface area (Å²) in [5.41, 5.74) is 13.5. The van der Waals surface area contributed by atoms with E-state index in [1.165, 1.54) is 69.8 Å². The van der Waals surface area contributed by atoms with Gasteiger partial charge in [-0.25, -0.2) is 35.6 Å². The number of hydrogen-bond donors (Lipinski definition) is 3. The molecule has 14 nitrogen and oxygen atoms in total. The molecule has 1 atom stereocenters. The number of nitrogens with two attached hydrogens (primary N) is 2. The number of piperidine rings is 2. The molecular formula is C44H44F2N8O6S2. The standard InChI is InChI=1S/C44H44F2N8O6S2/c45-37-20-29(7-10-34(37)39-23-51-43(47)25-49-39)33-5-1-2-6-41(33)61(56,57)53-17-13-28(14-18-53)15-19-60-32-9-12-42(62(58,59)54-16-3-4-31(55)27-54)36(22-32)30-8-11-35(38(46)21-30)40-24-52-44(48)26-50-40/h1-2,5-12,20-26,28,31,55H,3-4,13-19,27H2,(H2,47,51)(H2,48,52). The number of benzene rings is 4. The molecule has 2 aliphatic heterocycles. The Kier molecular flexibility index (Phi) is 12.3. The number of aliphatic hydroxyl groups is 1. The van der Waals surface area contributed by atoms with Gasteiger partial charge in [0.05, 0.1) is 58.7 Å². The molecule has 0 saturated carbocycles. The Morgan fingerprint density at radius 1 is 0.645 bits per heavy atom. The van der Waals surface area contributed by atoms with Crippen molar-refractivity contribution in [1.29, 1.82) is 0 Å². The average molecular weight is 883 g/mol. The second kappa shape index (κ2) is 17.8. The molecule has 2 fully saturated rings. The molecule has 8 rings (SSSR count). The van der Waals surface area contributed by atoms with E-state index in [0.717, 1.165) is 0 Å². The Bertz CT molecular complexity index is 2810. The van der Waals surface area contributed by atoms with Crippen LogP contribution in [0.1, 0.15) is 32.1 Å². The third-order valence-corrected chi connectivity index (χ3v) is 15.1. The van der Waals surface area contributed by atoms with Crippen molar-refractivity contribution >= 4 is 31.7 Å². The maximum absolute atomic E-state index is 15.7. The molecule has 0 bridgehead atoms. The number of sulfonamides is 2. The summed E-state index contributed by atoms with van der Waals surface area (Å²) in [7, 11) is -8.05. The van der Waals surface area contributed by atoms with Crippen LogP contribution in [-0.2, 0) is 20.0 Å². The van der Waals surface area contributed by atoms with Gasteiger partial charge >= 0.3 is 0 Å². The minimum atomic E-state index is -4.10. The molecule has 2 aliphatic rings. The van der Waals surface area contributed by atoms with Gasteiger partial charge in [-0.15, -0.1) is 0 Å². The molecule has 0 aliphatic carbocycles. The van der Waals surface area contributed by atoms with Gasteiger partial charge in [0.15, 0.2) is 0 Å². The summed E-state index contributed by atoms with van der Waals surface area (Å²) in [6, 6.07) is 19.9. The van der Waals surface area contributed by atoms with E-state index in [-0.39, 0.29) is 82.5 Å². The molecule has 2 aromatic heterocycles. The molecule has 6 aromatic rings. The lowest BCUT2D eigenvalue weighted by Gasteiger charge is -2.31. The molecule has 4 aromatic carbocycles. The lowest BCUT2D eigenvalue weighted by Crippen LogP contribution is -2.42. The predicted molar refractivity (Wildman–Crippen MR) is 230 cm³/mol. The van der Waals surface area contributed by atoms with Gasteiger partial charge in [-0.05, 0) is 97.7 Å². The molecule has 5 N–H and O–H groups in total. The van der Waals surface area contributed by atoms with E-state index in [1.54, 1.807) is 42.5 Å². The first-order valence-corrected chi connectivity index (χ1v) is 23.0. The second-order valence-electron chi connectivity index (χ2n) is 15.3. The summed E-state index contributed by atoms with van der Waals surface area (Å²) < 4.78 is 96.1. The number of rotatable bonds is 12. The molecule has 4 heterocycles. The lowest BCUT2D eigenvalue weighted by molar-refractivity contribution is 0.108. The largest absolute Gasteiger partial charge is 0.494 e. The van der Waals surface area contributed by atoms with E-state index >= 15 is 8.78 Å². The van der Waals surface area contributed by atoms with Crippen LogP contribution < -0.4 is 16.2 Å². The highest BCUT2D eigenvalue weighted by molar-refractivity contribution is 7.89. The van der Waals surface area contributed by atoms with Crippen molar-refractivity contribution in [2.75, 3.05) is 44.3 Å². The SMILES string of the molecule is Nc1cnc(-c2ccc(-c3ccccc3S(=O)(=O)N3CCC(CCOc4ccc(S(=O)(=O)N5CCCC(O)C5)c(-c5ccc(-c6cnc(N)cn6)c(F)c5)c4)CC3)cc2F)cn1. The number of nitrogens with zero attached hydrogens (tertiary/aromatic N) is 6. The van der Waals surface area contributed by atoms with Crippen LogP contribution in [-0.4, -0.2) is 89.4 Å². The Labute approximate surface area is 358 Å². The molecule has 0 spiro atoms. The van der Waals surface area contributed by atoms with Gasteiger partial charge in [0, 0.05) is 48.4 Å². The van der Waals surface area contributed by atoms with Crippen molar-refractivity contribution in [3.05, 3.63) is 115 Å². The summed E-state index contributed by atoms with van der Waals surface area (Å²) >= 11 is 0. The smallest absolute Gasteiger partial charge is 0.243 e. The van der Waals surface area contributed by atoms with Gasteiger partial charge in [0.2, 0.25) is 20.0 Å². The Morgan fingerprint density at radius 2 is 1.23 bits per heavy atom. The first-order valence-electron chi connectivity index (χ1n) is 20.1. The van der Waals surface area contributed by atoms with Gasteiger partial charge in [-0.3, -0.25) is 9.97 Å². The van der Waals surface area contributed by atoms with Crippen LogP contribution in [0.3, 0.4) is 0 Å². The monoisotopic (exact) mass is 882 g/mol. The van der Waals surface area contributed by atoms with Crippen molar-refractivity contribution in [3.63, 3.8) is 0 Å². The zero-order valence-electron chi connectivity index (χ0n) is 33.4. The highest BCUT2D eigenvalue weighted by Gasteiger charge is 2.33. The molecule has 18 heteroatoms. The molecule has 0 radical (unpaired) electrons. The number of ether oxygens (including phenoxy) is 1. The maximum atomic E-state index is 15.7. The minimum Gasteiger partial charge on any atom is -0.494 e. The molecule has 322 valence electrons. The van der Waals surface area contributed by atoms with Gasteiger partial charge in [0.1, 0.15) is 29.0 Å². The zero-order chi connectivity index (χ0) is 43.6. The molecule has 2 saturated heterocycles. The summed E-state index contributed by atoms with van der Waals surface area (Å²) in [4.78, 5) is 16.3. The number of β-amino-alcohol motifs (C(OH)–C–C–N with tert-alkyl or cyclic N) is 1. The van der Waals surface area contributed by atoms with E-state index in [2.05, 4.69) is 19.9 Å². The number of anilines is 2. The summed E-state index contributed by atoms with van der Waals surface area (Å²) in [5, 5.41) is 10.3. The minimum absolute atomic E-state index is 0.0497. The third kappa shape index (κ3) is 9.00. The summed E-state index contributed by atoms with van der Waals surface area (Å²) in [6.45, 7) is 0.997. The van der Waals surface area contributed by atoms with E-state index in [0.29, 0.717) is 60.2 Å². The second-order valence-corrected chi connectivity index (χ2v) is 19.2. The highest BCUT2D eigenvalue weighted by atomic mass is 32.2. The van der Waals surface area contributed by atoms with E-state index in [4.69, 9.17) is 16.2 Å². The van der Waals surface area contributed by atoms with Gasteiger partial charge in [0.25, 0.3) is 0 Å². The third-order valence-electron chi connectivity index (χ3n) is 11.3. The van der Waals surface area contributed by atoms with Crippen molar-refractivity contribution in [2.24, 2.45) is 5.92 Å². The summed E-state index contributed by atoms with van der Waals surface area (Å²) in [5.74, 6) is -0.332. The van der Waals surface area contributed by atoms with Crippen molar-refractivity contribution in [2.45, 2.75) is 48.0 Å². The van der Waals surface area contributed by atoms with Crippen LogP contribution in [0.5, 0.6) is 5.75 Å². The quantitative estimate of drug-likeness (QED) is 0.122. The Morgan fingerprint density at radius 3 is 1.81 bits per heavy atom. The summed E-state index contributed by atoms with van der Waals surface area (Å²) in [6.07, 6.45) is 7.33. The number of aliphatic hydroxyl groups excluding tert-OH is 1. The molecule has 1 unspecified atom stereocenters. The van der Waals surface area contributed by atoms with Gasteiger partial charge in [-0.2, -0.15) is 8.61 Å². The topological polar surface area (TPSA) is 208 Å². The van der Waals surface area contributed by atoms with Crippen LogP contribution in [0.25, 0.3) is 44.8 Å². The van der Waals surface area contributed by atoms with Gasteiger partial charge < -0.3 is 21.3 Å². The molecule has 0 amide bonds. The van der Waals surface area contributed by atoms with Crippen molar-refractivity contribution in [3.8, 4) is 50.5 Å². The van der Waals surface area contributed by atoms with E-state index in [1.807, 2.05) is 0 Å². The number of halogens is 2. The van der Waals surface area contributed by atoms with E-state index < -0.39 is 37.8 Å². The fraction of sp³-hybridized carbons (Fsp3) is 0.273. The number of nitrogen functional groups attached to an aromatic ring is 2. The molecular weight excluding hydrogens is 839 g/mol. The Balaban J connectivity index is 0.952. The normalized spacial score (nSPS) is 16.9. The first kappa shape index (κ1) is 42.8. The van der Waals surface area contributed by atoms with Crippen LogP contribution >= 0.6 is 0 Å².